The van der Waals surface area contributed by atoms with Gasteiger partial charge in [-0.3, -0.25) is 4.79 Å². The van der Waals surface area contributed by atoms with Crippen LogP contribution in [-0.2, 0) is 38.0 Å². The number of benzene rings is 1. The molecule has 2 fully saturated rings. The van der Waals surface area contributed by atoms with Crippen molar-refractivity contribution in [2.24, 2.45) is 5.92 Å². The summed E-state index contributed by atoms with van der Waals surface area (Å²) in [5, 5.41) is 82.6. The Labute approximate surface area is 288 Å². The molecule has 51 heavy (non-hydrogen) atoms. The van der Waals surface area contributed by atoms with Crippen LogP contribution in [0.2, 0.25) is 0 Å². The highest BCUT2D eigenvalue weighted by Crippen LogP contribution is 2.37. The van der Waals surface area contributed by atoms with Crippen LogP contribution < -0.4 is 10.4 Å². The molecule has 0 saturated carbocycles. The Morgan fingerprint density at radius 3 is 2.24 bits per heavy atom. The van der Waals surface area contributed by atoms with Crippen molar-refractivity contribution in [1.29, 1.82) is 0 Å². The zero-order valence-corrected chi connectivity index (χ0v) is 27.1. The minimum absolute atomic E-state index is 0.0291. The summed E-state index contributed by atoms with van der Waals surface area (Å²) in [6, 6.07) is 4.92. The van der Waals surface area contributed by atoms with Crippen molar-refractivity contribution in [2.75, 3.05) is 20.3 Å². The lowest BCUT2D eigenvalue weighted by atomic mass is 9.86. The average molecular weight is 727 g/mol. The lowest BCUT2D eigenvalue weighted by Crippen LogP contribution is -2.60. The predicted molar refractivity (Wildman–Crippen MR) is 164 cm³/mol. The van der Waals surface area contributed by atoms with Crippen LogP contribution in [0.4, 0.5) is 0 Å². The number of ether oxygens (including phenoxy) is 7. The van der Waals surface area contributed by atoms with Crippen molar-refractivity contribution in [1.82, 2.24) is 0 Å². The van der Waals surface area contributed by atoms with E-state index in [0.717, 1.165) is 25.5 Å². The monoisotopic (exact) mass is 726 g/mol. The van der Waals surface area contributed by atoms with Crippen LogP contribution in [0.5, 0.6) is 11.5 Å². The van der Waals surface area contributed by atoms with Crippen molar-refractivity contribution in [2.45, 2.75) is 81.0 Å². The summed E-state index contributed by atoms with van der Waals surface area (Å²) in [4.78, 5) is 37.5. The first-order valence-electron chi connectivity index (χ1n) is 15.6. The molecule has 12 atom stereocenters. The lowest BCUT2D eigenvalue weighted by Gasteiger charge is -2.42. The number of aliphatic hydroxyl groups is 7. The van der Waals surface area contributed by atoms with E-state index in [1.807, 2.05) is 0 Å². The van der Waals surface area contributed by atoms with Crippen molar-refractivity contribution >= 4 is 22.9 Å². The fourth-order valence-corrected chi connectivity index (χ4v) is 5.78. The van der Waals surface area contributed by atoms with Gasteiger partial charge in [0.05, 0.1) is 32.0 Å². The molecule has 3 aliphatic heterocycles. The molecule has 5 rings (SSSR count). The van der Waals surface area contributed by atoms with Crippen LogP contribution in [0, 0.1) is 5.92 Å². The van der Waals surface area contributed by atoms with E-state index in [-0.39, 0.29) is 22.5 Å². The van der Waals surface area contributed by atoms with E-state index < -0.39 is 117 Å². The van der Waals surface area contributed by atoms with Gasteiger partial charge in [0, 0.05) is 29.0 Å². The second-order valence-corrected chi connectivity index (χ2v) is 11.8. The van der Waals surface area contributed by atoms with Gasteiger partial charge in [-0.15, -0.1) is 0 Å². The summed E-state index contributed by atoms with van der Waals surface area (Å²) >= 11 is 0. The Hall–Kier alpha value is -4.15. The van der Waals surface area contributed by atoms with Gasteiger partial charge in [0.15, 0.2) is 17.8 Å². The maximum atomic E-state index is 13.2. The topological polar surface area (TPSA) is 291 Å². The normalized spacial score (nSPS) is 34.8. The van der Waals surface area contributed by atoms with Gasteiger partial charge in [-0.2, -0.15) is 0 Å². The van der Waals surface area contributed by atoms with Crippen molar-refractivity contribution in [3.63, 3.8) is 0 Å². The number of carbonyl (C=O) groups is 2. The molecular formula is C32H38O19. The van der Waals surface area contributed by atoms with Gasteiger partial charge in [-0.1, -0.05) is 6.08 Å². The standard InChI is InChI=1S/C32H38O19/c1-3-13-14(15(29(43)44-2)10-46-30(13)51-32-28(42)25(39)23(37)19(9-33)49-32)7-22(36)45-11-20-24(38)26(40)27(41)31(50-20)48-18-8-17-12(6-16(18)34)4-5-21(35)47-17/h3-6,8,10,14,19-20,23-28,30-34,37-42H,7,9,11H2,1-2H3/b13-3-/t14-,19+,20+,23+,24+,25-,26-,27+,28+,30-,31+,32-/m0/s1. The molecule has 280 valence electrons. The number of esters is 2. The van der Waals surface area contributed by atoms with Crippen LogP contribution in [-0.4, -0.2) is 141 Å². The van der Waals surface area contributed by atoms with E-state index >= 15 is 0 Å². The minimum Gasteiger partial charge on any atom is -0.504 e. The molecule has 19 nitrogen and oxygen atoms in total. The highest BCUT2D eigenvalue weighted by molar-refractivity contribution is 5.90. The number of carbonyl (C=O) groups excluding carboxylic acids is 2. The smallest absolute Gasteiger partial charge is 0.337 e. The van der Waals surface area contributed by atoms with E-state index in [1.165, 1.54) is 25.1 Å². The number of fused-ring (bicyclic) bond motifs is 1. The average Bonchev–Trinajstić information content (AvgIpc) is 3.11. The zero-order valence-electron chi connectivity index (χ0n) is 27.1. The lowest BCUT2D eigenvalue weighted by molar-refractivity contribution is -0.327. The molecule has 0 radical (unpaired) electrons. The molecule has 0 spiro atoms. The van der Waals surface area contributed by atoms with Crippen LogP contribution in [0.3, 0.4) is 0 Å². The van der Waals surface area contributed by atoms with Crippen molar-refractivity contribution in [3.05, 3.63) is 58.2 Å². The van der Waals surface area contributed by atoms with Crippen molar-refractivity contribution in [3.8, 4) is 11.5 Å². The van der Waals surface area contributed by atoms with Crippen LogP contribution >= 0.6 is 0 Å². The van der Waals surface area contributed by atoms with Gasteiger partial charge >= 0.3 is 17.6 Å². The van der Waals surface area contributed by atoms with Gasteiger partial charge in [0.1, 0.15) is 61.0 Å². The molecule has 0 unspecified atom stereocenters. The van der Waals surface area contributed by atoms with E-state index in [9.17, 15) is 55.2 Å². The predicted octanol–water partition coefficient (Wildman–Crippen LogP) is -2.59. The van der Waals surface area contributed by atoms with Crippen LogP contribution in [0.15, 0.2) is 57.0 Å². The number of aliphatic hydroxyl groups excluding tert-OH is 7. The largest absolute Gasteiger partial charge is 0.504 e. The summed E-state index contributed by atoms with van der Waals surface area (Å²) in [5.41, 5.74) is -0.634. The van der Waals surface area contributed by atoms with E-state index in [0.29, 0.717) is 5.39 Å². The molecule has 2 saturated heterocycles. The Morgan fingerprint density at radius 1 is 0.902 bits per heavy atom. The van der Waals surface area contributed by atoms with Gasteiger partial charge in [-0.05, 0) is 19.1 Å². The third-order valence-electron chi connectivity index (χ3n) is 8.62. The quantitative estimate of drug-likeness (QED) is 0.0708. The van der Waals surface area contributed by atoms with E-state index in [2.05, 4.69) is 0 Å². The Balaban J connectivity index is 1.27. The van der Waals surface area contributed by atoms with Gasteiger partial charge in [0.2, 0.25) is 12.6 Å². The summed E-state index contributed by atoms with van der Waals surface area (Å²) in [5.74, 6) is -3.69. The second kappa shape index (κ2) is 16.0. The maximum absolute atomic E-state index is 13.2. The fraction of sp³-hybridized carbons (Fsp3) is 0.531. The first-order valence-corrected chi connectivity index (χ1v) is 15.6. The maximum Gasteiger partial charge on any atom is 0.337 e. The van der Waals surface area contributed by atoms with Crippen LogP contribution in [0.25, 0.3) is 11.0 Å². The first kappa shape index (κ1) is 38.1. The molecule has 0 amide bonds. The molecule has 0 aliphatic carbocycles. The molecule has 1 aromatic heterocycles. The molecular weight excluding hydrogens is 688 g/mol. The Bertz CT molecular complexity index is 1680. The molecule has 0 bridgehead atoms. The van der Waals surface area contributed by atoms with Gasteiger partial charge in [0.25, 0.3) is 0 Å². The van der Waals surface area contributed by atoms with E-state index in [1.54, 1.807) is 0 Å². The Kier molecular flexibility index (Phi) is 12.0. The van der Waals surface area contributed by atoms with Crippen LogP contribution in [0.1, 0.15) is 13.3 Å². The number of allylic oxidation sites excluding steroid dienone is 1. The summed E-state index contributed by atoms with van der Waals surface area (Å²) in [7, 11) is 1.10. The number of aromatic hydroxyl groups is 1. The van der Waals surface area contributed by atoms with Gasteiger partial charge < -0.3 is 78.4 Å². The Morgan fingerprint density at radius 2 is 1.57 bits per heavy atom. The number of phenolic OH excluding ortho intramolecular Hbond substituents is 1. The number of hydrogen-bond acceptors (Lipinski definition) is 19. The number of methoxy groups -OCH3 is 1. The fourth-order valence-electron chi connectivity index (χ4n) is 5.78. The number of hydrogen-bond donors (Lipinski definition) is 8. The number of phenols is 1. The molecule has 8 N–H and O–H groups in total. The molecule has 4 heterocycles. The third kappa shape index (κ3) is 8.02. The van der Waals surface area contributed by atoms with E-state index in [4.69, 9.17) is 37.6 Å². The number of rotatable bonds is 10. The highest BCUT2D eigenvalue weighted by Gasteiger charge is 2.48. The summed E-state index contributed by atoms with van der Waals surface area (Å²) in [6.07, 6.45) is -16.4. The van der Waals surface area contributed by atoms with Crippen molar-refractivity contribution < 1.29 is 88.0 Å². The molecule has 1 aromatic carbocycles. The highest BCUT2D eigenvalue weighted by atomic mass is 16.8. The van der Waals surface area contributed by atoms with Gasteiger partial charge in [-0.25, -0.2) is 9.59 Å². The summed E-state index contributed by atoms with van der Waals surface area (Å²) < 4.78 is 43.0. The zero-order chi connectivity index (χ0) is 37.1. The molecule has 3 aliphatic rings. The second-order valence-electron chi connectivity index (χ2n) is 11.8. The first-order chi connectivity index (χ1) is 24.3. The third-order valence-corrected chi connectivity index (χ3v) is 8.62. The SMILES string of the molecule is C/C=C1\[C@H](O[C@@H]2O[C@H](CO)[C@@H](O)[C@H](O)[C@H]2O)OC=C(C(=O)OC)[C@H]1CC(=O)OC[C@H]1O[C@@H](Oc2cc3oc(=O)ccc3cc2O)[C@H](O)[C@@H](O)[C@@H]1O. The molecule has 2 aromatic rings. The molecule has 19 heteroatoms. The summed E-state index contributed by atoms with van der Waals surface area (Å²) in [6.45, 7) is 0.112. The minimum atomic E-state index is -1.87.